The van der Waals surface area contributed by atoms with E-state index < -0.39 is 0 Å². The van der Waals surface area contributed by atoms with E-state index in [-0.39, 0.29) is 5.15 Å². The normalized spacial score (nSPS) is 10.3. The van der Waals surface area contributed by atoms with Crippen molar-refractivity contribution in [2.24, 2.45) is 0 Å². The first-order chi connectivity index (χ1) is 8.13. The van der Waals surface area contributed by atoms with Gasteiger partial charge in [-0.3, -0.25) is 4.79 Å². The molecule has 1 aromatic heterocycles. The molecule has 2 aromatic rings. The Morgan fingerprint density at radius 3 is 2.59 bits per heavy atom. The van der Waals surface area contributed by atoms with Crippen LogP contribution in [0.3, 0.4) is 0 Å². The fourth-order valence-corrected chi connectivity index (χ4v) is 1.91. The van der Waals surface area contributed by atoms with Crippen molar-refractivity contribution in [3.05, 3.63) is 52.2 Å². The SMILES string of the molecule is Cc1cccc(-c2ccc(C=O)c(Cl)n2)c1C. The Bertz CT molecular complexity index is 578. The van der Waals surface area contributed by atoms with Crippen LogP contribution in [0, 0.1) is 13.8 Å². The van der Waals surface area contributed by atoms with Gasteiger partial charge in [0.15, 0.2) is 6.29 Å². The van der Waals surface area contributed by atoms with Gasteiger partial charge in [0.1, 0.15) is 5.15 Å². The maximum absolute atomic E-state index is 10.7. The second-order valence-electron chi connectivity index (χ2n) is 3.94. The second kappa shape index (κ2) is 4.68. The number of benzene rings is 1. The minimum atomic E-state index is 0.249. The van der Waals surface area contributed by atoms with Crippen LogP contribution >= 0.6 is 11.6 Å². The Hall–Kier alpha value is -1.67. The van der Waals surface area contributed by atoms with Crippen LogP contribution in [0.4, 0.5) is 0 Å². The molecule has 2 rings (SSSR count). The fourth-order valence-electron chi connectivity index (χ4n) is 1.71. The summed E-state index contributed by atoms with van der Waals surface area (Å²) in [5.41, 5.74) is 4.64. The molecule has 0 atom stereocenters. The summed E-state index contributed by atoms with van der Waals surface area (Å²) in [4.78, 5) is 14.9. The molecular weight excluding hydrogens is 234 g/mol. The summed E-state index contributed by atoms with van der Waals surface area (Å²) in [6, 6.07) is 9.56. The molecule has 0 aliphatic rings. The molecule has 0 aliphatic heterocycles. The minimum absolute atomic E-state index is 0.249. The van der Waals surface area contributed by atoms with Crippen LogP contribution in [0.25, 0.3) is 11.3 Å². The minimum Gasteiger partial charge on any atom is -0.298 e. The van der Waals surface area contributed by atoms with Crippen LogP contribution in [-0.4, -0.2) is 11.3 Å². The Morgan fingerprint density at radius 2 is 1.94 bits per heavy atom. The summed E-state index contributed by atoms with van der Waals surface area (Å²) in [6.07, 6.45) is 0.711. The van der Waals surface area contributed by atoms with Crippen molar-refractivity contribution in [1.29, 1.82) is 0 Å². The molecule has 0 bridgehead atoms. The summed E-state index contributed by atoms with van der Waals surface area (Å²) in [5, 5.41) is 0.249. The lowest BCUT2D eigenvalue weighted by Gasteiger charge is -2.08. The van der Waals surface area contributed by atoms with Crippen LogP contribution in [-0.2, 0) is 0 Å². The van der Waals surface area contributed by atoms with Crippen LogP contribution in [0.15, 0.2) is 30.3 Å². The first kappa shape index (κ1) is 11.8. The number of halogens is 1. The van der Waals surface area contributed by atoms with Crippen molar-refractivity contribution >= 4 is 17.9 Å². The zero-order valence-corrected chi connectivity index (χ0v) is 10.5. The van der Waals surface area contributed by atoms with E-state index >= 15 is 0 Å². The third kappa shape index (κ3) is 2.22. The number of pyridine rings is 1. The van der Waals surface area contributed by atoms with E-state index in [2.05, 4.69) is 18.0 Å². The van der Waals surface area contributed by atoms with Crippen molar-refractivity contribution in [2.45, 2.75) is 13.8 Å². The highest BCUT2D eigenvalue weighted by molar-refractivity contribution is 6.31. The lowest BCUT2D eigenvalue weighted by molar-refractivity contribution is 0.112. The Morgan fingerprint density at radius 1 is 1.18 bits per heavy atom. The number of carbonyl (C=O) groups is 1. The predicted molar refractivity (Wildman–Crippen MR) is 69.5 cm³/mol. The summed E-state index contributed by atoms with van der Waals surface area (Å²) >= 11 is 5.93. The quantitative estimate of drug-likeness (QED) is 0.595. The summed E-state index contributed by atoms with van der Waals surface area (Å²) < 4.78 is 0. The van der Waals surface area contributed by atoms with Crippen molar-refractivity contribution in [1.82, 2.24) is 4.98 Å². The fraction of sp³-hybridized carbons (Fsp3) is 0.143. The van der Waals surface area contributed by atoms with Gasteiger partial charge >= 0.3 is 0 Å². The van der Waals surface area contributed by atoms with Gasteiger partial charge in [-0.1, -0.05) is 29.8 Å². The Kier molecular flexibility index (Phi) is 3.25. The molecule has 3 heteroatoms. The first-order valence-corrected chi connectivity index (χ1v) is 5.69. The van der Waals surface area contributed by atoms with Crippen molar-refractivity contribution in [3.8, 4) is 11.3 Å². The molecule has 2 nitrogen and oxygen atoms in total. The number of aromatic nitrogens is 1. The highest BCUT2D eigenvalue weighted by Gasteiger charge is 2.07. The number of nitrogens with zero attached hydrogens (tertiary/aromatic N) is 1. The molecule has 0 saturated carbocycles. The number of aldehydes is 1. The number of rotatable bonds is 2. The zero-order valence-electron chi connectivity index (χ0n) is 9.70. The average Bonchev–Trinajstić information content (AvgIpc) is 2.32. The van der Waals surface area contributed by atoms with Gasteiger partial charge in [0.05, 0.1) is 11.3 Å². The highest BCUT2D eigenvalue weighted by Crippen LogP contribution is 2.25. The van der Waals surface area contributed by atoms with Crippen LogP contribution < -0.4 is 0 Å². The Labute approximate surface area is 105 Å². The van der Waals surface area contributed by atoms with Crippen LogP contribution in [0.1, 0.15) is 21.5 Å². The first-order valence-electron chi connectivity index (χ1n) is 5.32. The topological polar surface area (TPSA) is 30.0 Å². The third-order valence-corrected chi connectivity index (χ3v) is 3.19. The van der Waals surface area contributed by atoms with Crippen molar-refractivity contribution in [3.63, 3.8) is 0 Å². The Balaban J connectivity index is 2.57. The van der Waals surface area contributed by atoms with Gasteiger partial charge in [0.25, 0.3) is 0 Å². The van der Waals surface area contributed by atoms with E-state index in [1.165, 1.54) is 11.1 Å². The molecule has 86 valence electrons. The molecule has 1 heterocycles. The molecule has 0 saturated heterocycles. The van der Waals surface area contributed by atoms with Gasteiger partial charge in [-0.05, 0) is 37.1 Å². The molecule has 17 heavy (non-hydrogen) atoms. The molecule has 0 spiro atoms. The molecule has 1 aromatic carbocycles. The van der Waals surface area contributed by atoms with E-state index in [4.69, 9.17) is 11.6 Å². The maximum Gasteiger partial charge on any atom is 0.153 e. The summed E-state index contributed by atoms with van der Waals surface area (Å²) in [5.74, 6) is 0. The number of carbonyl (C=O) groups excluding carboxylic acids is 1. The maximum atomic E-state index is 10.7. The van der Waals surface area contributed by atoms with Gasteiger partial charge in [-0.2, -0.15) is 0 Å². The lowest BCUT2D eigenvalue weighted by Crippen LogP contribution is -1.92. The van der Waals surface area contributed by atoms with E-state index in [1.54, 1.807) is 6.07 Å². The number of hydrogen-bond donors (Lipinski definition) is 0. The van der Waals surface area contributed by atoms with Gasteiger partial charge in [-0.15, -0.1) is 0 Å². The molecule has 0 radical (unpaired) electrons. The highest BCUT2D eigenvalue weighted by atomic mass is 35.5. The van der Waals surface area contributed by atoms with E-state index in [9.17, 15) is 4.79 Å². The third-order valence-electron chi connectivity index (χ3n) is 2.89. The monoisotopic (exact) mass is 245 g/mol. The molecule has 0 amide bonds. The predicted octanol–water partition coefficient (Wildman–Crippen LogP) is 3.83. The van der Waals surface area contributed by atoms with E-state index in [0.29, 0.717) is 11.8 Å². The summed E-state index contributed by atoms with van der Waals surface area (Å²) in [7, 11) is 0. The molecule has 0 unspecified atom stereocenters. The number of aryl methyl sites for hydroxylation is 1. The van der Waals surface area contributed by atoms with Gasteiger partial charge in [0.2, 0.25) is 0 Å². The van der Waals surface area contributed by atoms with Crippen LogP contribution in [0.2, 0.25) is 5.15 Å². The van der Waals surface area contributed by atoms with Crippen molar-refractivity contribution in [2.75, 3.05) is 0 Å². The van der Waals surface area contributed by atoms with Crippen LogP contribution in [0.5, 0.6) is 0 Å². The van der Waals surface area contributed by atoms with E-state index in [1.807, 2.05) is 25.1 Å². The standard InChI is InChI=1S/C14H12ClNO/c1-9-4-3-5-12(10(9)2)13-7-6-11(8-17)14(15)16-13/h3-8H,1-2H3. The molecule has 0 N–H and O–H groups in total. The zero-order chi connectivity index (χ0) is 12.4. The smallest absolute Gasteiger partial charge is 0.153 e. The van der Waals surface area contributed by atoms with Gasteiger partial charge in [0, 0.05) is 5.56 Å². The van der Waals surface area contributed by atoms with Gasteiger partial charge < -0.3 is 0 Å². The molecule has 0 fully saturated rings. The lowest BCUT2D eigenvalue weighted by atomic mass is 10.0. The van der Waals surface area contributed by atoms with Crippen molar-refractivity contribution < 1.29 is 4.79 Å². The summed E-state index contributed by atoms with van der Waals surface area (Å²) in [6.45, 7) is 4.11. The second-order valence-corrected chi connectivity index (χ2v) is 4.30. The van der Waals surface area contributed by atoms with Gasteiger partial charge in [-0.25, -0.2) is 4.98 Å². The largest absolute Gasteiger partial charge is 0.298 e. The molecular formula is C14H12ClNO. The number of hydrogen-bond acceptors (Lipinski definition) is 2. The van der Waals surface area contributed by atoms with E-state index in [0.717, 1.165) is 11.3 Å². The average molecular weight is 246 g/mol. The molecule has 0 aliphatic carbocycles.